The molecule has 1 aromatic heterocycles. The highest BCUT2D eigenvalue weighted by Gasteiger charge is 2.25. The van der Waals surface area contributed by atoms with Gasteiger partial charge in [0, 0.05) is 0 Å². The molecule has 0 radical (unpaired) electrons. The molecule has 0 saturated heterocycles. The fourth-order valence-electron chi connectivity index (χ4n) is 1.75. The highest BCUT2D eigenvalue weighted by atomic mass is 32.2. The number of ether oxygens (including phenoxy) is 1. The summed E-state index contributed by atoms with van der Waals surface area (Å²) in [5, 5.41) is 0.0561. The lowest BCUT2D eigenvalue weighted by molar-refractivity contribution is 0.0605. The maximum absolute atomic E-state index is 13.6. The van der Waals surface area contributed by atoms with Crippen molar-refractivity contribution in [1.29, 1.82) is 0 Å². The Morgan fingerprint density at radius 2 is 1.86 bits per heavy atom. The molecule has 0 aliphatic carbocycles. The highest BCUT2D eigenvalue weighted by Crippen LogP contribution is 2.30. The molecule has 0 bridgehead atoms. The van der Waals surface area contributed by atoms with Crippen LogP contribution in [-0.4, -0.2) is 21.5 Å². The van der Waals surface area contributed by atoms with Gasteiger partial charge in [0.2, 0.25) is 0 Å². The number of rotatable bonds is 4. The first-order valence-electron chi connectivity index (χ1n) is 5.92. The van der Waals surface area contributed by atoms with Crippen LogP contribution in [0.4, 0.5) is 13.8 Å². The van der Waals surface area contributed by atoms with E-state index in [1.165, 1.54) is 13.2 Å². The minimum absolute atomic E-state index is 0.0561. The van der Waals surface area contributed by atoms with E-state index in [4.69, 9.17) is 0 Å². The molecule has 0 unspecified atom stereocenters. The van der Waals surface area contributed by atoms with Crippen LogP contribution >= 0.6 is 11.3 Å². The molecule has 1 N–H and O–H groups in total. The minimum atomic E-state index is -4.45. The zero-order valence-electron chi connectivity index (χ0n) is 11.5. The molecule has 5 nitrogen and oxygen atoms in total. The molecule has 1 aromatic carbocycles. The highest BCUT2D eigenvalue weighted by molar-refractivity contribution is 7.93. The normalized spacial score (nSPS) is 11.3. The van der Waals surface area contributed by atoms with Crippen LogP contribution in [0.5, 0.6) is 0 Å². The predicted octanol–water partition coefficient (Wildman–Crippen LogP) is 2.92. The van der Waals surface area contributed by atoms with Crippen LogP contribution in [0.3, 0.4) is 0 Å². The monoisotopic (exact) mass is 347 g/mol. The third-order valence-electron chi connectivity index (χ3n) is 2.71. The van der Waals surface area contributed by atoms with E-state index in [0.717, 1.165) is 29.5 Å². The number of hydrogen-bond donors (Lipinski definition) is 1. The van der Waals surface area contributed by atoms with Crippen LogP contribution in [0.1, 0.15) is 15.2 Å². The molecule has 0 aliphatic rings. The third-order valence-corrected chi connectivity index (χ3v) is 5.39. The smallest absolute Gasteiger partial charge is 0.348 e. The van der Waals surface area contributed by atoms with Crippen LogP contribution in [0.2, 0.25) is 0 Å². The number of benzene rings is 1. The van der Waals surface area contributed by atoms with E-state index in [-0.39, 0.29) is 9.88 Å². The van der Waals surface area contributed by atoms with Crippen molar-refractivity contribution in [2.45, 2.75) is 11.8 Å². The Labute approximate surface area is 129 Å². The lowest BCUT2D eigenvalue weighted by Crippen LogP contribution is -2.15. The molecule has 0 aliphatic heterocycles. The summed E-state index contributed by atoms with van der Waals surface area (Å²) in [4.78, 5) is 10.6. The summed E-state index contributed by atoms with van der Waals surface area (Å²) in [5.74, 6) is -3.02. The summed E-state index contributed by atoms with van der Waals surface area (Å²) < 4.78 is 58.0. The number of thiophene rings is 1. The van der Waals surface area contributed by atoms with Gasteiger partial charge in [-0.1, -0.05) is 6.07 Å². The first-order valence-corrected chi connectivity index (χ1v) is 8.22. The number of halogens is 2. The van der Waals surface area contributed by atoms with Gasteiger partial charge in [-0.15, -0.1) is 11.3 Å². The SMILES string of the molecule is COC(=O)c1sc(NS(=O)(=O)c2c(F)cccc2F)cc1C. The van der Waals surface area contributed by atoms with E-state index in [9.17, 15) is 22.0 Å². The van der Waals surface area contributed by atoms with Crippen LogP contribution in [0, 0.1) is 18.6 Å². The van der Waals surface area contributed by atoms with E-state index in [1.807, 2.05) is 0 Å². The first-order chi connectivity index (χ1) is 10.3. The molecule has 118 valence electrons. The summed E-state index contributed by atoms with van der Waals surface area (Å²) in [6, 6.07) is 4.13. The molecule has 0 spiro atoms. The molecule has 0 fully saturated rings. The van der Waals surface area contributed by atoms with Gasteiger partial charge < -0.3 is 4.74 Å². The third kappa shape index (κ3) is 3.09. The van der Waals surface area contributed by atoms with Gasteiger partial charge >= 0.3 is 5.97 Å². The van der Waals surface area contributed by atoms with E-state index < -0.39 is 32.5 Å². The van der Waals surface area contributed by atoms with Crippen molar-refractivity contribution in [3.8, 4) is 0 Å². The number of nitrogens with one attached hydrogen (secondary N) is 1. The fourth-order valence-corrected chi connectivity index (χ4v) is 4.16. The standard InChI is InChI=1S/C13H11F2NO4S2/c1-7-6-10(21-11(7)13(17)20-2)16-22(18,19)12-8(14)4-3-5-9(12)15/h3-6,16H,1-2H3. The van der Waals surface area contributed by atoms with Gasteiger partial charge in [0.05, 0.1) is 7.11 Å². The second-order valence-corrected chi connectivity index (χ2v) is 6.94. The molecule has 0 amide bonds. The lowest BCUT2D eigenvalue weighted by atomic mass is 10.3. The Balaban J connectivity index is 2.40. The topological polar surface area (TPSA) is 72.5 Å². The Bertz CT molecular complexity index is 810. The summed E-state index contributed by atoms with van der Waals surface area (Å²) in [7, 11) is -3.26. The molecule has 9 heteroatoms. The number of esters is 1. The lowest BCUT2D eigenvalue weighted by Gasteiger charge is -2.07. The van der Waals surface area contributed by atoms with Gasteiger partial charge in [0.15, 0.2) is 4.90 Å². The molecule has 2 aromatic rings. The Hall–Kier alpha value is -2.00. The summed E-state index contributed by atoms with van der Waals surface area (Å²) in [5.41, 5.74) is 0.489. The Morgan fingerprint density at radius 1 is 1.27 bits per heavy atom. The summed E-state index contributed by atoms with van der Waals surface area (Å²) in [6.45, 7) is 1.59. The molecular formula is C13H11F2NO4S2. The van der Waals surface area contributed by atoms with Gasteiger partial charge in [-0.2, -0.15) is 0 Å². The molecular weight excluding hydrogens is 336 g/mol. The maximum Gasteiger partial charge on any atom is 0.348 e. The number of carbonyl (C=O) groups excluding carboxylic acids is 1. The zero-order valence-corrected chi connectivity index (χ0v) is 13.1. The molecule has 2 rings (SSSR count). The van der Waals surface area contributed by atoms with Gasteiger partial charge in [-0.3, -0.25) is 4.72 Å². The van der Waals surface area contributed by atoms with E-state index in [1.54, 1.807) is 6.92 Å². The number of carbonyl (C=O) groups is 1. The van der Waals surface area contributed by atoms with Crippen LogP contribution < -0.4 is 4.72 Å². The number of methoxy groups -OCH3 is 1. The van der Waals surface area contributed by atoms with Gasteiger partial charge in [0.1, 0.15) is 21.5 Å². The average molecular weight is 347 g/mol. The molecule has 0 atom stereocenters. The minimum Gasteiger partial charge on any atom is -0.465 e. The fraction of sp³-hybridized carbons (Fsp3) is 0.154. The van der Waals surface area contributed by atoms with Crippen LogP contribution in [0.15, 0.2) is 29.2 Å². The summed E-state index contributed by atoms with van der Waals surface area (Å²) >= 11 is 0.816. The Kier molecular flexibility index (Phi) is 4.47. The van der Waals surface area contributed by atoms with Crippen LogP contribution in [0.25, 0.3) is 0 Å². The number of hydrogen-bond acceptors (Lipinski definition) is 5. The number of anilines is 1. The average Bonchev–Trinajstić information content (AvgIpc) is 2.77. The zero-order chi connectivity index (χ0) is 16.5. The predicted molar refractivity (Wildman–Crippen MR) is 77.6 cm³/mol. The van der Waals surface area contributed by atoms with Crippen molar-refractivity contribution < 1.29 is 26.7 Å². The van der Waals surface area contributed by atoms with Crippen molar-refractivity contribution in [3.63, 3.8) is 0 Å². The Morgan fingerprint density at radius 3 is 2.41 bits per heavy atom. The second-order valence-electron chi connectivity index (χ2n) is 4.27. The van der Waals surface area contributed by atoms with E-state index >= 15 is 0 Å². The van der Waals surface area contributed by atoms with Crippen molar-refractivity contribution in [3.05, 3.63) is 46.3 Å². The van der Waals surface area contributed by atoms with E-state index in [2.05, 4.69) is 9.46 Å². The van der Waals surface area contributed by atoms with Crippen molar-refractivity contribution >= 4 is 32.3 Å². The van der Waals surface area contributed by atoms with Crippen molar-refractivity contribution in [1.82, 2.24) is 0 Å². The molecule has 1 heterocycles. The quantitative estimate of drug-likeness (QED) is 0.863. The molecule has 22 heavy (non-hydrogen) atoms. The van der Waals surface area contributed by atoms with Crippen molar-refractivity contribution in [2.24, 2.45) is 0 Å². The largest absolute Gasteiger partial charge is 0.465 e. The van der Waals surface area contributed by atoms with Gasteiger partial charge in [-0.25, -0.2) is 22.0 Å². The first kappa shape index (κ1) is 16.4. The van der Waals surface area contributed by atoms with E-state index in [0.29, 0.717) is 5.56 Å². The van der Waals surface area contributed by atoms with Gasteiger partial charge in [0.25, 0.3) is 10.0 Å². The number of aryl methyl sites for hydroxylation is 1. The number of sulfonamides is 1. The second kappa shape index (κ2) is 6.01. The summed E-state index contributed by atoms with van der Waals surface area (Å²) in [6.07, 6.45) is 0. The maximum atomic E-state index is 13.6. The van der Waals surface area contributed by atoms with Gasteiger partial charge in [-0.05, 0) is 30.7 Å². The van der Waals surface area contributed by atoms with Crippen LogP contribution in [-0.2, 0) is 14.8 Å². The van der Waals surface area contributed by atoms with Crippen molar-refractivity contribution in [2.75, 3.05) is 11.8 Å². The molecule has 0 saturated carbocycles.